The molecule has 0 fully saturated rings. The number of benzene rings is 3. The van der Waals surface area contributed by atoms with Gasteiger partial charge in [0.05, 0.1) is 34.9 Å². The number of nitrogens with one attached hydrogen (secondary N) is 2. The molecule has 1 aromatic heterocycles. The first-order chi connectivity index (χ1) is 17.4. The summed E-state index contributed by atoms with van der Waals surface area (Å²) >= 11 is 0. The fraction of sp³-hybridized carbons (Fsp3) is 0.185. The molecule has 3 aromatic carbocycles. The van der Waals surface area contributed by atoms with Crippen molar-refractivity contribution in [3.05, 3.63) is 88.7 Å². The molecule has 0 unspecified atom stereocenters. The number of hydrogen-bond donors (Lipinski definition) is 2. The number of para-hydroxylation sites is 1. The first-order valence-electron chi connectivity index (χ1n) is 11.5. The van der Waals surface area contributed by atoms with Gasteiger partial charge in [-0.2, -0.15) is 0 Å². The highest BCUT2D eigenvalue weighted by molar-refractivity contribution is 6.00. The molecule has 0 atom stereocenters. The summed E-state index contributed by atoms with van der Waals surface area (Å²) in [6.45, 7) is 5.77. The summed E-state index contributed by atoms with van der Waals surface area (Å²) in [5, 5.41) is 5.75. The molecule has 2 N–H and O–H groups in total. The zero-order valence-electron chi connectivity index (χ0n) is 20.1. The number of anilines is 2. The zero-order chi connectivity index (χ0) is 25.7. The lowest BCUT2D eigenvalue weighted by molar-refractivity contribution is 0.0526. The van der Waals surface area contributed by atoms with Gasteiger partial charge in [0.1, 0.15) is 5.75 Å². The maximum atomic E-state index is 13.5. The number of rotatable bonds is 7. The van der Waals surface area contributed by atoms with E-state index in [0.29, 0.717) is 33.6 Å². The van der Waals surface area contributed by atoms with Crippen LogP contribution in [0.15, 0.2) is 77.6 Å². The van der Waals surface area contributed by atoms with E-state index in [0.717, 1.165) is 0 Å². The monoisotopic (exact) mass is 486 g/mol. The van der Waals surface area contributed by atoms with Gasteiger partial charge in [-0.25, -0.2) is 19.1 Å². The van der Waals surface area contributed by atoms with Crippen LogP contribution in [0.25, 0.3) is 16.6 Å². The van der Waals surface area contributed by atoms with Crippen LogP contribution in [0, 0.1) is 0 Å². The van der Waals surface area contributed by atoms with Crippen molar-refractivity contribution in [2.45, 2.75) is 26.9 Å². The van der Waals surface area contributed by atoms with Crippen molar-refractivity contribution in [1.82, 2.24) is 9.55 Å². The van der Waals surface area contributed by atoms with E-state index in [1.54, 1.807) is 73.7 Å². The Bertz CT molecular complexity index is 1480. The Kier molecular flexibility index (Phi) is 7.29. The van der Waals surface area contributed by atoms with Crippen molar-refractivity contribution in [1.29, 1.82) is 0 Å². The van der Waals surface area contributed by atoms with Crippen molar-refractivity contribution in [3.8, 4) is 11.4 Å². The van der Waals surface area contributed by atoms with Crippen molar-refractivity contribution < 1.29 is 19.1 Å². The normalized spacial score (nSPS) is 10.8. The van der Waals surface area contributed by atoms with Gasteiger partial charge in [0, 0.05) is 11.8 Å². The Balaban J connectivity index is 1.70. The largest absolute Gasteiger partial charge is 0.491 e. The van der Waals surface area contributed by atoms with E-state index in [1.165, 1.54) is 10.6 Å². The number of ether oxygens (including phenoxy) is 2. The second kappa shape index (κ2) is 10.7. The molecule has 2 amide bonds. The molecule has 0 saturated heterocycles. The third-order valence-corrected chi connectivity index (χ3v) is 5.08. The van der Waals surface area contributed by atoms with Crippen LogP contribution in [0.1, 0.15) is 31.1 Å². The Morgan fingerprint density at radius 3 is 2.53 bits per heavy atom. The summed E-state index contributed by atoms with van der Waals surface area (Å²) in [5.41, 5.74) is 1.25. The number of carbonyl (C=O) groups is 2. The van der Waals surface area contributed by atoms with Crippen molar-refractivity contribution in [2.24, 2.45) is 0 Å². The number of aromatic nitrogens is 2. The fourth-order valence-electron chi connectivity index (χ4n) is 3.63. The molecular weight excluding hydrogens is 460 g/mol. The Labute approximate surface area is 207 Å². The van der Waals surface area contributed by atoms with E-state index in [2.05, 4.69) is 15.6 Å². The number of hydrogen-bond acceptors (Lipinski definition) is 6. The van der Waals surface area contributed by atoms with Gasteiger partial charge >= 0.3 is 12.0 Å². The first kappa shape index (κ1) is 24.5. The summed E-state index contributed by atoms with van der Waals surface area (Å²) < 4.78 is 12.1. The number of fused-ring (bicyclic) bond motifs is 1. The van der Waals surface area contributed by atoms with E-state index in [-0.39, 0.29) is 24.2 Å². The van der Waals surface area contributed by atoms with Crippen LogP contribution in [0.5, 0.6) is 5.75 Å². The lowest BCUT2D eigenvalue weighted by atomic mass is 10.2. The molecular formula is C27H26N4O5. The highest BCUT2D eigenvalue weighted by atomic mass is 16.5. The second-order valence-corrected chi connectivity index (χ2v) is 8.14. The quantitative estimate of drug-likeness (QED) is 0.356. The molecule has 0 spiro atoms. The number of esters is 1. The van der Waals surface area contributed by atoms with E-state index in [4.69, 9.17) is 9.47 Å². The summed E-state index contributed by atoms with van der Waals surface area (Å²) in [6.07, 6.45) is -0.0551. The smallest absolute Gasteiger partial charge is 0.338 e. The van der Waals surface area contributed by atoms with Crippen LogP contribution in [-0.4, -0.2) is 34.3 Å². The second-order valence-electron chi connectivity index (χ2n) is 8.14. The number of amides is 2. The molecule has 0 saturated carbocycles. The predicted molar refractivity (Wildman–Crippen MR) is 138 cm³/mol. The van der Waals surface area contributed by atoms with Gasteiger partial charge in [-0.05, 0) is 63.2 Å². The van der Waals surface area contributed by atoms with Gasteiger partial charge in [-0.15, -0.1) is 0 Å². The molecule has 4 aromatic rings. The van der Waals surface area contributed by atoms with Gasteiger partial charge < -0.3 is 14.8 Å². The van der Waals surface area contributed by atoms with Gasteiger partial charge in [0.25, 0.3) is 5.56 Å². The average molecular weight is 487 g/mol. The average Bonchev–Trinajstić information content (AvgIpc) is 2.84. The van der Waals surface area contributed by atoms with Crippen molar-refractivity contribution >= 4 is 34.5 Å². The molecule has 9 heteroatoms. The van der Waals surface area contributed by atoms with Gasteiger partial charge in [-0.3, -0.25) is 10.1 Å². The topological polar surface area (TPSA) is 112 Å². The molecule has 0 radical (unpaired) electrons. The molecule has 0 bridgehead atoms. The van der Waals surface area contributed by atoms with Crippen molar-refractivity contribution in [2.75, 3.05) is 17.2 Å². The maximum absolute atomic E-state index is 13.5. The van der Waals surface area contributed by atoms with Crippen LogP contribution in [-0.2, 0) is 4.74 Å². The summed E-state index contributed by atoms with van der Waals surface area (Å²) in [7, 11) is 0. The minimum atomic E-state index is -0.637. The standard InChI is InChI=1S/C27H26N4O5/c1-4-35-25(33)18-9-7-10-19(15-18)28-27(34)30-26-29-23-14-6-5-13-22(23)24(32)31(26)20-11-8-12-21(16-20)36-17(2)3/h5-17H,4H2,1-3H3,(H2,28,29,30,34). The van der Waals surface area contributed by atoms with Gasteiger partial charge in [-0.1, -0.05) is 24.3 Å². The Morgan fingerprint density at radius 1 is 0.972 bits per heavy atom. The first-order valence-corrected chi connectivity index (χ1v) is 11.5. The predicted octanol–water partition coefficient (Wildman–Crippen LogP) is 4.99. The van der Waals surface area contributed by atoms with Crippen molar-refractivity contribution in [3.63, 3.8) is 0 Å². The molecule has 0 aliphatic heterocycles. The number of nitrogens with zero attached hydrogens (tertiary/aromatic N) is 2. The summed E-state index contributed by atoms with van der Waals surface area (Å²) in [5.74, 6) is 0.114. The third-order valence-electron chi connectivity index (χ3n) is 5.08. The molecule has 9 nitrogen and oxygen atoms in total. The van der Waals surface area contributed by atoms with E-state index in [9.17, 15) is 14.4 Å². The third kappa shape index (κ3) is 5.52. The van der Waals surface area contributed by atoms with Crippen LogP contribution in [0.3, 0.4) is 0 Å². The zero-order valence-corrected chi connectivity index (χ0v) is 20.1. The SMILES string of the molecule is CCOC(=O)c1cccc(NC(=O)Nc2nc3ccccc3c(=O)n2-c2cccc(OC(C)C)c2)c1. The lowest BCUT2D eigenvalue weighted by Gasteiger charge is -2.16. The van der Waals surface area contributed by atoms with Crippen LogP contribution >= 0.6 is 0 Å². The minimum Gasteiger partial charge on any atom is -0.491 e. The molecule has 36 heavy (non-hydrogen) atoms. The van der Waals surface area contributed by atoms with E-state index < -0.39 is 12.0 Å². The van der Waals surface area contributed by atoms with Gasteiger partial charge in [0.2, 0.25) is 5.95 Å². The minimum absolute atomic E-state index is 0.0273. The fourth-order valence-corrected chi connectivity index (χ4v) is 3.63. The molecule has 0 aliphatic carbocycles. The van der Waals surface area contributed by atoms with Crippen LogP contribution in [0.4, 0.5) is 16.4 Å². The summed E-state index contributed by atoms with van der Waals surface area (Å²) in [6, 6.07) is 19.6. The number of carbonyl (C=O) groups excluding carboxylic acids is 2. The maximum Gasteiger partial charge on any atom is 0.338 e. The Hall–Kier alpha value is -4.66. The number of urea groups is 1. The highest BCUT2D eigenvalue weighted by Crippen LogP contribution is 2.21. The lowest BCUT2D eigenvalue weighted by Crippen LogP contribution is -2.28. The van der Waals surface area contributed by atoms with Gasteiger partial charge in [0.15, 0.2) is 0 Å². The molecule has 0 aliphatic rings. The van der Waals surface area contributed by atoms with Crippen LogP contribution in [0.2, 0.25) is 0 Å². The summed E-state index contributed by atoms with van der Waals surface area (Å²) in [4.78, 5) is 42.9. The molecule has 184 valence electrons. The Morgan fingerprint density at radius 2 is 1.75 bits per heavy atom. The van der Waals surface area contributed by atoms with Crippen LogP contribution < -0.4 is 20.9 Å². The van der Waals surface area contributed by atoms with E-state index in [1.807, 2.05) is 13.8 Å². The highest BCUT2D eigenvalue weighted by Gasteiger charge is 2.16. The molecule has 4 rings (SSSR count). The van der Waals surface area contributed by atoms with E-state index >= 15 is 0 Å². The molecule has 1 heterocycles.